The Morgan fingerprint density at radius 1 is 1.12 bits per heavy atom. The van der Waals surface area contributed by atoms with E-state index in [1.54, 1.807) is 0 Å². The highest BCUT2D eigenvalue weighted by Crippen LogP contribution is 2.47. The van der Waals surface area contributed by atoms with E-state index in [0.29, 0.717) is 10.8 Å². The number of piperidine rings is 3. The third-order valence-corrected chi connectivity index (χ3v) is 5.28. The number of hydrogen-bond donors (Lipinski definition) is 0. The van der Waals surface area contributed by atoms with Crippen LogP contribution in [0.2, 0.25) is 0 Å². The summed E-state index contributed by atoms with van der Waals surface area (Å²) >= 11 is 0. The maximum atomic E-state index is 4.04. The fourth-order valence-electron chi connectivity index (χ4n) is 3.73. The van der Waals surface area contributed by atoms with Crippen LogP contribution in [0.3, 0.4) is 0 Å². The summed E-state index contributed by atoms with van der Waals surface area (Å²) in [5, 5.41) is 0. The summed E-state index contributed by atoms with van der Waals surface area (Å²) in [6, 6.07) is 0. The third-order valence-electron chi connectivity index (χ3n) is 5.28. The van der Waals surface area contributed by atoms with E-state index in [1.165, 1.54) is 62.6 Å². The lowest BCUT2D eigenvalue weighted by Gasteiger charge is -2.53. The molecule has 0 unspecified atom stereocenters. The summed E-state index contributed by atoms with van der Waals surface area (Å²) in [4.78, 5) is 0. The fraction of sp³-hybridized carbons (Fsp3) is 0.875. The Hall–Kier alpha value is -0.300. The first kappa shape index (κ1) is 13.1. The van der Waals surface area contributed by atoms with E-state index in [4.69, 9.17) is 0 Å². The van der Waals surface area contributed by atoms with Crippen LogP contribution in [0.4, 0.5) is 0 Å². The predicted octanol–water partition coefficient (Wildman–Crippen LogP) is 4.35. The van der Waals surface area contributed by atoms with Crippen molar-refractivity contribution < 1.29 is 4.48 Å². The summed E-state index contributed by atoms with van der Waals surface area (Å²) in [5.41, 5.74) is 1.23. The molecule has 1 nitrogen and oxygen atoms in total. The molecule has 0 aromatic rings. The molecule has 3 saturated heterocycles. The Kier molecular flexibility index (Phi) is 3.42. The highest BCUT2D eigenvalue weighted by atomic mass is 15.4. The average molecular weight is 236 g/mol. The van der Waals surface area contributed by atoms with Crippen LogP contribution < -0.4 is 0 Å². The first-order valence-electron chi connectivity index (χ1n) is 7.38. The summed E-state index contributed by atoms with van der Waals surface area (Å²) in [6.45, 7) is 15.2. The maximum Gasteiger partial charge on any atom is 0.0885 e. The Labute approximate surface area is 107 Å². The quantitative estimate of drug-likeness (QED) is 0.637. The van der Waals surface area contributed by atoms with Gasteiger partial charge in [-0.3, -0.25) is 4.48 Å². The number of quaternary nitrogens is 1. The van der Waals surface area contributed by atoms with Crippen molar-refractivity contribution in [1.29, 1.82) is 0 Å². The van der Waals surface area contributed by atoms with Crippen molar-refractivity contribution in [2.75, 3.05) is 19.6 Å². The molecule has 0 radical (unpaired) electrons. The molecule has 0 aromatic heterocycles. The Balaban J connectivity index is 1.85. The molecule has 0 aromatic carbocycles. The van der Waals surface area contributed by atoms with Crippen molar-refractivity contribution in [3.05, 3.63) is 12.8 Å². The van der Waals surface area contributed by atoms with E-state index < -0.39 is 0 Å². The van der Waals surface area contributed by atoms with Gasteiger partial charge in [-0.25, -0.2) is 0 Å². The van der Waals surface area contributed by atoms with Gasteiger partial charge in [0.25, 0.3) is 0 Å². The standard InChI is InChI=1S/C16H30N/c1-5-17-12-9-16(10-13-17,11-14-17)8-6-7-15(2,3)4/h5H,1,6-14H2,2-4H3/q+1. The topological polar surface area (TPSA) is 0 Å². The van der Waals surface area contributed by atoms with Crippen LogP contribution in [0, 0.1) is 10.8 Å². The molecule has 1 heteroatoms. The largest absolute Gasteiger partial charge is 0.298 e. The van der Waals surface area contributed by atoms with Crippen molar-refractivity contribution in [2.24, 2.45) is 10.8 Å². The van der Waals surface area contributed by atoms with E-state index in [0.717, 1.165) is 0 Å². The highest BCUT2D eigenvalue weighted by molar-refractivity contribution is 4.88. The SMILES string of the molecule is C=C[N+]12CCC(CCCC(C)(C)C)(CC1)CC2. The summed E-state index contributed by atoms with van der Waals surface area (Å²) in [7, 11) is 0. The molecule has 98 valence electrons. The Bertz CT molecular complexity index is 260. The first-order valence-corrected chi connectivity index (χ1v) is 7.38. The van der Waals surface area contributed by atoms with Crippen LogP contribution in [-0.2, 0) is 0 Å². The molecule has 17 heavy (non-hydrogen) atoms. The molecule has 3 heterocycles. The molecule has 3 aliphatic rings. The molecule has 0 atom stereocenters. The van der Waals surface area contributed by atoms with Crippen molar-refractivity contribution in [1.82, 2.24) is 0 Å². The molecule has 0 N–H and O–H groups in total. The molecule has 3 rings (SSSR count). The van der Waals surface area contributed by atoms with E-state index in [-0.39, 0.29) is 0 Å². The predicted molar refractivity (Wildman–Crippen MR) is 74.6 cm³/mol. The molecule has 2 bridgehead atoms. The van der Waals surface area contributed by atoms with Gasteiger partial charge in [-0.05, 0) is 30.3 Å². The van der Waals surface area contributed by atoms with Crippen LogP contribution in [0.25, 0.3) is 0 Å². The van der Waals surface area contributed by atoms with E-state index >= 15 is 0 Å². The Morgan fingerprint density at radius 2 is 1.65 bits per heavy atom. The lowest BCUT2D eigenvalue weighted by Crippen LogP contribution is -2.58. The van der Waals surface area contributed by atoms with Gasteiger partial charge in [0.1, 0.15) is 0 Å². The van der Waals surface area contributed by atoms with Gasteiger partial charge in [0.05, 0.1) is 25.8 Å². The van der Waals surface area contributed by atoms with Crippen LogP contribution >= 0.6 is 0 Å². The minimum absolute atomic E-state index is 0.515. The smallest absolute Gasteiger partial charge is 0.0885 e. The third kappa shape index (κ3) is 2.93. The lowest BCUT2D eigenvalue weighted by atomic mass is 9.67. The van der Waals surface area contributed by atoms with Gasteiger partial charge >= 0.3 is 0 Å². The molecule has 0 spiro atoms. The van der Waals surface area contributed by atoms with E-state index in [1.807, 2.05) is 0 Å². The lowest BCUT2D eigenvalue weighted by molar-refractivity contribution is -0.898. The molecule has 0 saturated carbocycles. The zero-order valence-electron chi connectivity index (χ0n) is 12.1. The van der Waals surface area contributed by atoms with Gasteiger partial charge in [-0.15, -0.1) is 0 Å². The van der Waals surface area contributed by atoms with Crippen molar-refractivity contribution in [3.8, 4) is 0 Å². The van der Waals surface area contributed by atoms with Crippen LogP contribution in [-0.4, -0.2) is 24.1 Å². The molecule has 0 amide bonds. The second kappa shape index (κ2) is 4.42. The highest BCUT2D eigenvalue weighted by Gasteiger charge is 2.47. The minimum Gasteiger partial charge on any atom is -0.298 e. The molecule has 3 aliphatic heterocycles. The molecule has 0 aliphatic carbocycles. The monoisotopic (exact) mass is 236 g/mol. The van der Waals surface area contributed by atoms with Gasteiger partial charge in [0.2, 0.25) is 0 Å². The molecular formula is C16H30N+. The normalized spacial score (nSPS) is 37.1. The summed E-state index contributed by atoms with van der Waals surface area (Å²) in [5.74, 6) is 0. The molecular weight excluding hydrogens is 206 g/mol. The summed E-state index contributed by atoms with van der Waals surface area (Å²) < 4.78 is 1.21. The minimum atomic E-state index is 0.515. The van der Waals surface area contributed by atoms with Gasteiger partial charge in [0, 0.05) is 19.3 Å². The van der Waals surface area contributed by atoms with Crippen LogP contribution in [0.5, 0.6) is 0 Å². The second-order valence-electron chi connectivity index (χ2n) is 7.74. The summed E-state index contributed by atoms with van der Waals surface area (Å²) in [6.07, 6.45) is 10.8. The first-order chi connectivity index (χ1) is 7.89. The maximum absolute atomic E-state index is 4.04. The van der Waals surface area contributed by atoms with Gasteiger partial charge in [-0.1, -0.05) is 27.2 Å². The Morgan fingerprint density at radius 3 is 2.06 bits per heavy atom. The average Bonchev–Trinajstić information content (AvgIpc) is 2.30. The number of rotatable bonds is 4. The van der Waals surface area contributed by atoms with Gasteiger partial charge in [-0.2, -0.15) is 0 Å². The van der Waals surface area contributed by atoms with E-state index in [9.17, 15) is 0 Å². The van der Waals surface area contributed by atoms with Gasteiger partial charge < -0.3 is 0 Å². The van der Waals surface area contributed by atoms with Crippen LogP contribution in [0.1, 0.15) is 59.3 Å². The zero-order valence-corrected chi connectivity index (χ0v) is 12.1. The molecule has 3 fully saturated rings. The van der Waals surface area contributed by atoms with Crippen LogP contribution in [0.15, 0.2) is 12.8 Å². The number of hydrogen-bond acceptors (Lipinski definition) is 0. The van der Waals surface area contributed by atoms with Crippen molar-refractivity contribution >= 4 is 0 Å². The van der Waals surface area contributed by atoms with E-state index in [2.05, 4.69) is 33.6 Å². The number of nitrogens with zero attached hydrogens (tertiary/aromatic N) is 1. The van der Waals surface area contributed by atoms with Gasteiger partial charge in [0.15, 0.2) is 0 Å². The number of fused-ring (bicyclic) bond motifs is 3. The second-order valence-corrected chi connectivity index (χ2v) is 7.74. The van der Waals surface area contributed by atoms with Crippen molar-refractivity contribution in [3.63, 3.8) is 0 Å². The van der Waals surface area contributed by atoms with Crippen molar-refractivity contribution in [2.45, 2.75) is 59.3 Å². The zero-order chi connectivity index (χ0) is 12.6. The fourth-order valence-corrected chi connectivity index (χ4v) is 3.73.